The van der Waals surface area contributed by atoms with Crippen molar-refractivity contribution in [3.8, 4) is 0 Å². The third-order valence-corrected chi connectivity index (χ3v) is 3.43. The molecule has 0 spiro atoms. The van der Waals surface area contributed by atoms with Crippen molar-refractivity contribution in [2.45, 2.75) is 12.8 Å². The molecule has 2 rings (SSSR count). The summed E-state index contributed by atoms with van der Waals surface area (Å²) in [5.74, 6) is -0.710. The van der Waals surface area contributed by atoms with Gasteiger partial charge in [0.2, 0.25) is 0 Å². The van der Waals surface area contributed by atoms with Crippen LogP contribution in [-0.2, 0) is 9.53 Å². The van der Waals surface area contributed by atoms with Crippen molar-refractivity contribution in [1.29, 1.82) is 0 Å². The lowest BCUT2D eigenvalue weighted by Crippen LogP contribution is -2.23. The van der Waals surface area contributed by atoms with Gasteiger partial charge in [-0.1, -0.05) is 0 Å². The standard InChI is InChI=1S/C16H20FNO3/c1-18(8-9-21-11-12-2-3-12)15-6-5-14(17)10-13(15)4-7-16(19)20/h4-7,10,12H,2-3,8-9,11H2,1H3,(H,19,20)/b7-4+. The van der Waals surface area contributed by atoms with Gasteiger partial charge in [-0.2, -0.15) is 0 Å². The third kappa shape index (κ3) is 5.19. The Labute approximate surface area is 123 Å². The van der Waals surface area contributed by atoms with Crippen molar-refractivity contribution >= 4 is 17.7 Å². The molecule has 0 amide bonds. The first-order valence-electron chi connectivity index (χ1n) is 7.05. The number of hydrogen-bond donors (Lipinski definition) is 1. The van der Waals surface area contributed by atoms with Gasteiger partial charge >= 0.3 is 5.97 Å². The molecule has 0 aliphatic heterocycles. The molecule has 1 aliphatic carbocycles. The van der Waals surface area contributed by atoms with Crippen LogP contribution in [0.5, 0.6) is 0 Å². The van der Waals surface area contributed by atoms with E-state index >= 15 is 0 Å². The fourth-order valence-corrected chi connectivity index (χ4v) is 2.02. The molecule has 4 nitrogen and oxygen atoms in total. The molecule has 0 saturated heterocycles. The van der Waals surface area contributed by atoms with Crippen molar-refractivity contribution < 1.29 is 19.0 Å². The zero-order valence-electron chi connectivity index (χ0n) is 12.1. The number of benzene rings is 1. The summed E-state index contributed by atoms with van der Waals surface area (Å²) < 4.78 is 18.9. The van der Waals surface area contributed by atoms with Gasteiger partial charge < -0.3 is 14.7 Å². The molecule has 0 heterocycles. The van der Waals surface area contributed by atoms with E-state index in [1.54, 1.807) is 6.07 Å². The largest absolute Gasteiger partial charge is 0.478 e. The summed E-state index contributed by atoms with van der Waals surface area (Å²) in [6, 6.07) is 4.35. The predicted octanol–water partition coefficient (Wildman–Crippen LogP) is 2.79. The summed E-state index contributed by atoms with van der Waals surface area (Å²) in [7, 11) is 1.88. The van der Waals surface area contributed by atoms with E-state index in [2.05, 4.69) is 0 Å². The first kappa shape index (κ1) is 15.5. The second kappa shape index (κ2) is 7.22. The van der Waals surface area contributed by atoms with Gasteiger partial charge in [0, 0.05) is 37.5 Å². The zero-order chi connectivity index (χ0) is 15.2. The van der Waals surface area contributed by atoms with Crippen LogP contribution in [0.15, 0.2) is 24.3 Å². The number of hydrogen-bond acceptors (Lipinski definition) is 3. The molecule has 0 unspecified atom stereocenters. The smallest absolute Gasteiger partial charge is 0.328 e. The van der Waals surface area contributed by atoms with Crippen LogP contribution in [0.25, 0.3) is 6.08 Å². The number of rotatable bonds is 8. The summed E-state index contributed by atoms with van der Waals surface area (Å²) in [4.78, 5) is 12.5. The fourth-order valence-electron chi connectivity index (χ4n) is 2.02. The summed E-state index contributed by atoms with van der Waals surface area (Å²) in [6.07, 6.45) is 4.94. The van der Waals surface area contributed by atoms with Gasteiger partial charge in [0.1, 0.15) is 5.82 Å². The highest BCUT2D eigenvalue weighted by molar-refractivity contribution is 5.87. The number of likely N-dealkylation sites (N-methyl/N-ethyl adjacent to an activating group) is 1. The van der Waals surface area contributed by atoms with Gasteiger partial charge in [-0.25, -0.2) is 9.18 Å². The molecule has 114 valence electrons. The SMILES string of the molecule is CN(CCOCC1CC1)c1ccc(F)cc1/C=C/C(=O)O. The van der Waals surface area contributed by atoms with Crippen LogP contribution in [-0.4, -0.2) is 37.9 Å². The Hall–Kier alpha value is -1.88. The lowest BCUT2D eigenvalue weighted by molar-refractivity contribution is -0.131. The van der Waals surface area contributed by atoms with Gasteiger partial charge in [-0.05, 0) is 43.0 Å². The van der Waals surface area contributed by atoms with Gasteiger partial charge in [0.15, 0.2) is 0 Å². The van der Waals surface area contributed by atoms with E-state index < -0.39 is 5.97 Å². The number of aliphatic carboxylic acids is 1. The number of carboxylic acids is 1. The molecule has 1 aromatic carbocycles. The van der Waals surface area contributed by atoms with E-state index in [0.717, 1.165) is 24.3 Å². The highest BCUT2D eigenvalue weighted by Crippen LogP contribution is 2.28. The molecule has 1 fully saturated rings. The monoisotopic (exact) mass is 293 g/mol. The van der Waals surface area contributed by atoms with Crippen LogP contribution < -0.4 is 4.90 Å². The van der Waals surface area contributed by atoms with E-state index in [4.69, 9.17) is 9.84 Å². The summed E-state index contributed by atoms with van der Waals surface area (Å²) in [5, 5.41) is 8.69. The van der Waals surface area contributed by atoms with Crippen LogP contribution in [0.2, 0.25) is 0 Å². The van der Waals surface area contributed by atoms with Crippen LogP contribution >= 0.6 is 0 Å². The molecule has 1 aliphatic rings. The predicted molar refractivity (Wildman–Crippen MR) is 79.9 cm³/mol. The minimum atomic E-state index is -1.05. The zero-order valence-corrected chi connectivity index (χ0v) is 12.1. The molecule has 0 bridgehead atoms. The molecule has 0 aromatic heterocycles. The maximum atomic E-state index is 13.3. The molecule has 1 N–H and O–H groups in total. The van der Waals surface area contributed by atoms with Crippen LogP contribution in [0.3, 0.4) is 0 Å². The quantitative estimate of drug-likeness (QED) is 0.591. The first-order valence-corrected chi connectivity index (χ1v) is 7.05. The van der Waals surface area contributed by atoms with Crippen molar-refractivity contribution in [3.63, 3.8) is 0 Å². The van der Waals surface area contributed by atoms with E-state index in [0.29, 0.717) is 18.7 Å². The van der Waals surface area contributed by atoms with Crippen molar-refractivity contribution in [2.24, 2.45) is 5.92 Å². The number of nitrogens with zero attached hydrogens (tertiary/aromatic N) is 1. The molecule has 5 heteroatoms. The molecule has 0 atom stereocenters. The Morgan fingerprint density at radius 3 is 2.95 bits per heavy atom. The van der Waals surface area contributed by atoms with Gasteiger partial charge in [-0.3, -0.25) is 0 Å². The highest BCUT2D eigenvalue weighted by atomic mass is 19.1. The lowest BCUT2D eigenvalue weighted by atomic mass is 10.1. The Balaban J connectivity index is 1.96. The Kier molecular flexibility index (Phi) is 5.33. The second-order valence-electron chi connectivity index (χ2n) is 5.31. The summed E-state index contributed by atoms with van der Waals surface area (Å²) in [6.45, 7) is 2.09. The van der Waals surface area contributed by atoms with Crippen LogP contribution in [0, 0.1) is 11.7 Å². The van der Waals surface area contributed by atoms with Gasteiger partial charge in [0.05, 0.1) is 6.61 Å². The molecule has 1 aromatic rings. The van der Waals surface area contributed by atoms with Gasteiger partial charge in [-0.15, -0.1) is 0 Å². The highest BCUT2D eigenvalue weighted by Gasteiger charge is 2.21. The van der Waals surface area contributed by atoms with Crippen molar-refractivity contribution in [1.82, 2.24) is 0 Å². The maximum Gasteiger partial charge on any atom is 0.328 e. The number of carboxylic acid groups (broad SMARTS) is 1. The van der Waals surface area contributed by atoms with Crippen molar-refractivity contribution in [3.05, 3.63) is 35.7 Å². The summed E-state index contributed by atoms with van der Waals surface area (Å²) >= 11 is 0. The molecule has 0 radical (unpaired) electrons. The third-order valence-electron chi connectivity index (χ3n) is 3.43. The molecule has 1 saturated carbocycles. The minimum absolute atomic E-state index is 0.387. The number of anilines is 1. The van der Waals surface area contributed by atoms with Crippen LogP contribution in [0.1, 0.15) is 18.4 Å². The van der Waals surface area contributed by atoms with E-state index in [1.165, 1.54) is 31.1 Å². The Bertz CT molecular complexity index is 526. The molecule has 21 heavy (non-hydrogen) atoms. The fraction of sp³-hybridized carbons (Fsp3) is 0.438. The minimum Gasteiger partial charge on any atom is -0.478 e. The number of carbonyl (C=O) groups is 1. The molecular formula is C16H20FNO3. The maximum absolute atomic E-state index is 13.3. The van der Waals surface area contributed by atoms with E-state index in [9.17, 15) is 9.18 Å². The molecular weight excluding hydrogens is 273 g/mol. The topological polar surface area (TPSA) is 49.8 Å². The second-order valence-corrected chi connectivity index (χ2v) is 5.31. The summed E-state index contributed by atoms with van der Waals surface area (Å²) in [5.41, 5.74) is 1.33. The van der Waals surface area contributed by atoms with Crippen LogP contribution in [0.4, 0.5) is 10.1 Å². The number of ether oxygens (including phenoxy) is 1. The normalized spacial score (nSPS) is 14.6. The average molecular weight is 293 g/mol. The average Bonchev–Trinajstić information content (AvgIpc) is 3.25. The Morgan fingerprint density at radius 2 is 2.29 bits per heavy atom. The first-order chi connectivity index (χ1) is 10.1. The van der Waals surface area contributed by atoms with E-state index in [-0.39, 0.29) is 5.82 Å². The van der Waals surface area contributed by atoms with E-state index in [1.807, 2.05) is 11.9 Å². The number of halogens is 1. The van der Waals surface area contributed by atoms with Gasteiger partial charge in [0.25, 0.3) is 0 Å². The lowest BCUT2D eigenvalue weighted by Gasteiger charge is -2.21. The van der Waals surface area contributed by atoms with Crippen molar-refractivity contribution in [2.75, 3.05) is 31.7 Å². The Morgan fingerprint density at radius 1 is 1.52 bits per heavy atom.